The first-order valence-corrected chi connectivity index (χ1v) is 12.8. The molecule has 2 heterocycles. The van der Waals surface area contributed by atoms with E-state index >= 15 is 0 Å². The minimum absolute atomic E-state index is 0.259. The lowest BCUT2D eigenvalue weighted by molar-refractivity contribution is 0.0998. The van der Waals surface area contributed by atoms with Crippen molar-refractivity contribution in [2.24, 2.45) is 0 Å². The number of carbonyl (C=O) groups excluding carboxylic acids is 1. The number of amides is 1. The molecule has 2 N–H and O–H groups in total. The smallest absolute Gasteiger partial charge is 0.293 e. The number of furan rings is 1. The monoisotopic (exact) mass is 477 g/mol. The van der Waals surface area contributed by atoms with Crippen LogP contribution in [0.1, 0.15) is 16.1 Å². The van der Waals surface area contributed by atoms with E-state index in [0.29, 0.717) is 22.1 Å². The first kappa shape index (κ1) is 21.2. The van der Waals surface area contributed by atoms with E-state index in [1.165, 1.54) is 11.3 Å². The zero-order chi connectivity index (χ0) is 23.2. The van der Waals surface area contributed by atoms with Crippen molar-refractivity contribution in [1.29, 1.82) is 0 Å². The molecule has 0 aliphatic carbocycles. The quantitative estimate of drug-likeness (QED) is 0.341. The van der Waals surface area contributed by atoms with Crippen LogP contribution in [-0.4, -0.2) is 25.6 Å². The van der Waals surface area contributed by atoms with E-state index in [-0.39, 0.29) is 11.7 Å². The molecule has 0 aliphatic heterocycles. The third-order valence-electron chi connectivity index (χ3n) is 5.24. The van der Waals surface area contributed by atoms with Gasteiger partial charge in [0.1, 0.15) is 5.58 Å². The van der Waals surface area contributed by atoms with Crippen LogP contribution in [0.3, 0.4) is 0 Å². The van der Waals surface area contributed by atoms with E-state index < -0.39 is 10.0 Å². The molecule has 5 rings (SSSR count). The number of fused-ring (bicyclic) bond motifs is 3. The Morgan fingerprint density at radius 1 is 1.00 bits per heavy atom. The number of aromatic nitrogens is 1. The average molecular weight is 478 g/mol. The summed E-state index contributed by atoms with van der Waals surface area (Å²) in [5.74, 6) is -0.101. The first-order chi connectivity index (χ1) is 15.8. The van der Waals surface area contributed by atoms with Gasteiger partial charge < -0.3 is 4.42 Å². The zero-order valence-corrected chi connectivity index (χ0v) is 19.4. The van der Waals surface area contributed by atoms with Crippen LogP contribution < -0.4 is 10.0 Å². The number of thiazole rings is 1. The average Bonchev–Trinajstić information content (AvgIpc) is 3.38. The molecule has 2 aromatic heterocycles. The molecule has 0 aliphatic rings. The van der Waals surface area contributed by atoms with Gasteiger partial charge in [-0.2, -0.15) is 0 Å². The van der Waals surface area contributed by atoms with Crippen molar-refractivity contribution in [2.45, 2.75) is 6.92 Å². The van der Waals surface area contributed by atoms with Gasteiger partial charge in [-0.3, -0.25) is 14.8 Å². The number of hydrogen-bond donors (Lipinski definition) is 2. The minimum Gasteiger partial charge on any atom is -0.450 e. The van der Waals surface area contributed by atoms with E-state index in [1.807, 2.05) is 48.7 Å². The molecule has 0 atom stereocenters. The third kappa shape index (κ3) is 4.20. The summed E-state index contributed by atoms with van der Waals surface area (Å²) in [5.41, 5.74) is 3.42. The summed E-state index contributed by atoms with van der Waals surface area (Å²) >= 11 is 1.30. The van der Waals surface area contributed by atoms with Crippen LogP contribution in [0.25, 0.3) is 33.0 Å². The molecule has 0 unspecified atom stereocenters. The van der Waals surface area contributed by atoms with Gasteiger partial charge in [-0.25, -0.2) is 13.4 Å². The molecular weight excluding hydrogens is 458 g/mol. The molecule has 7 nitrogen and oxygen atoms in total. The SMILES string of the molecule is Cc1c(C(=O)Nc2nc(-c3ccc(NS(C)(=O)=O)cc3)cs2)oc2c1ccc1ccccc12. The van der Waals surface area contributed by atoms with Crippen LogP contribution in [0.2, 0.25) is 0 Å². The highest BCUT2D eigenvalue weighted by molar-refractivity contribution is 7.92. The molecule has 0 fully saturated rings. The maximum absolute atomic E-state index is 13.0. The maximum Gasteiger partial charge on any atom is 0.293 e. The standard InChI is InChI=1S/C24H19N3O4S2/c1-14-18-12-9-15-5-3-4-6-19(15)22(18)31-21(14)23(28)26-24-25-20(13-32-24)16-7-10-17(11-8-16)27-33(2,29)30/h3-13,27H,1-2H3,(H,25,26,28). The van der Waals surface area contributed by atoms with Crippen LogP contribution in [0.5, 0.6) is 0 Å². The number of aryl methyl sites for hydroxylation is 1. The molecule has 0 spiro atoms. The number of nitrogens with one attached hydrogen (secondary N) is 2. The van der Waals surface area contributed by atoms with Crippen LogP contribution in [0.4, 0.5) is 10.8 Å². The number of nitrogens with zero attached hydrogens (tertiary/aromatic N) is 1. The highest BCUT2D eigenvalue weighted by Gasteiger charge is 2.20. The van der Waals surface area contributed by atoms with Crippen molar-refractivity contribution in [3.63, 3.8) is 0 Å². The summed E-state index contributed by atoms with van der Waals surface area (Å²) in [6.07, 6.45) is 1.10. The molecule has 0 radical (unpaired) electrons. The molecule has 9 heteroatoms. The fourth-order valence-corrected chi connectivity index (χ4v) is 4.99. The van der Waals surface area contributed by atoms with Gasteiger partial charge in [0.2, 0.25) is 10.0 Å². The Bertz CT molecular complexity index is 1620. The number of hydrogen-bond acceptors (Lipinski definition) is 6. The largest absolute Gasteiger partial charge is 0.450 e. The summed E-state index contributed by atoms with van der Waals surface area (Å²) < 4.78 is 31.1. The van der Waals surface area contributed by atoms with Crippen molar-refractivity contribution < 1.29 is 17.6 Å². The summed E-state index contributed by atoms with van der Waals surface area (Å²) in [5, 5.41) is 8.01. The van der Waals surface area contributed by atoms with Crippen molar-refractivity contribution in [1.82, 2.24) is 4.98 Å². The number of rotatable bonds is 5. The second-order valence-corrected chi connectivity index (χ2v) is 10.3. The second kappa shape index (κ2) is 8.02. The lowest BCUT2D eigenvalue weighted by Gasteiger charge is -2.04. The van der Waals surface area contributed by atoms with Gasteiger partial charge in [0.05, 0.1) is 11.9 Å². The van der Waals surface area contributed by atoms with E-state index in [2.05, 4.69) is 15.0 Å². The van der Waals surface area contributed by atoms with Crippen molar-refractivity contribution in [3.8, 4) is 11.3 Å². The van der Waals surface area contributed by atoms with Gasteiger partial charge in [0.25, 0.3) is 5.91 Å². The zero-order valence-electron chi connectivity index (χ0n) is 17.7. The number of anilines is 2. The van der Waals surface area contributed by atoms with Crippen molar-refractivity contribution in [3.05, 3.63) is 77.4 Å². The van der Waals surface area contributed by atoms with Crippen molar-refractivity contribution >= 4 is 59.8 Å². The van der Waals surface area contributed by atoms with E-state index in [9.17, 15) is 13.2 Å². The summed E-state index contributed by atoms with van der Waals surface area (Å²) in [7, 11) is -3.34. The molecule has 166 valence electrons. The molecule has 1 amide bonds. The van der Waals surface area contributed by atoms with Crippen molar-refractivity contribution in [2.75, 3.05) is 16.3 Å². The Kier molecular flexibility index (Phi) is 5.15. The van der Waals surface area contributed by atoms with Crippen LogP contribution in [-0.2, 0) is 10.0 Å². The maximum atomic E-state index is 13.0. The fourth-order valence-electron chi connectivity index (χ4n) is 3.71. The number of sulfonamides is 1. The number of benzene rings is 3. The molecule has 0 saturated carbocycles. The fraction of sp³-hybridized carbons (Fsp3) is 0.0833. The normalized spacial score (nSPS) is 11.7. The Morgan fingerprint density at radius 3 is 2.52 bits per heavy atom. The molecule has 5 aromatic rings. The summed E-state index contributed by atoms with van der Waals surface area (Å²) in [6.45, 7) is 1.87. The molecule has 33 heavy (non-hydrogen) atoms. The molecule has 3 aromatic carbocycles. The summed E-state index contributed by atoms with van der Waals surface area (Å²) in [6, 6.07) is 18.7. The van der Waals surface area contributed by atoms with Crippen LogP contribution >= 0.6 is 11.3 Å². The third-order valence-corrected chi connectivity index (χ3v) is 6.61. The van der Waals surface area contributed by atoms with Gasteiger partial charge in [-0.05, 0) is 24.4 Å². The lowest BCUT2D eigenvalue weighted by atomic mass is 10.1. The molecule has 0 saturated heterocycles. The number of carbonyl (C=O) groups is 1. The predicted octanol–water partition coefficient (Wildman–Crippen LogP) is 5.64. The Balaban J connectivity index is 1.38. The van der Waals surface area contributed by atoms with E-state index in [0.717, 1.165) is 33.5 Å². The predicted molar refractivity (Wildman–Crippen MR) is 132 cm³/mol. The van der Waals surface area contributed by atoms with Gasteiger partial charge in [-0.1, -0.05) is 48.5 Å². The van der Waals surface area contributed by atoms with Crippen LogP contribution in [0, 0.1) is 6.92 Å². The minimum atomic E-state index is -3.34. The second-order valence-electron chi connectivity index (χ2n) is 7.66. The van der Waals surface area contributed by atoms with Gasteiger partial charge in [0.15, 0.2) is 10.9 Å². The highest BCUT2D eigenvalue weighted by atomic mass is 32.2. The summed E-state index contributed by atoms with van der Waals surface area (Å²) in [4.78, 5) is 17.5. The van der Waals surface area contributed by atoms with E-state index in [4.69, 9.17) is 4.42 Å². The molecule has 0 bridgehead atoms. The van der Waals surface area contributed by atoms with Crippen LogP contribution in [0.15, 0.2) is 70.5 Å². The Morgan fingerprint density at radius 2 is 1.76 bits per heavy atom. The van der Waals surface area contributed by atoms with E-state index in [1.54, 1.807) is 24.3 Å². The van der Waals surface area contributed by atoms with Gasteiger partial charge in [-0.15, -0.1) is 11.3 Å². The molecular formula is C24H19N3O4S2. The van der Waals surface area contributed by atoms with Gasteiger partial charge in [0, 0.05) is 33.0 Å². The van der Waals surface area contributed by atoms with Gasteiger partial charge >= 0.3 is 0 Å². The highest BCUT2D eigenvalue weighted by Crippen LogP contribution is 2.33. The Labute approximate surface area is 194 Å². The lowest BCUT2D eigenvalue weighted by Crippen LogP contribution is -2.11. The first-order valence-electron chi connectivity index (χ1n) is 10.0. The Hall–Kier alpha value is -3.69. The topological polar surface area (TPSA) is 101 Å².